The van der Waals surface area contributed by atoms with E-state index in [-0.39, 0.29) is 31.0 Å². The van der Waals surface area contributed by atoms with E-state index in [0.717, 1.165) is 18.2 Å². The smallest absolute Gasteiger partial charge is 0.266 e. The summed E-state index contributed by atoms with van der Waals surface area (Å²) in [5.41, 5.74) is 15.4. The third-order valence-corrected chi connectivity index (χ3v) is 7.96. The monoisotopic (exact) mass is 690 g/mol. The Morgan fingerprint density at radius 3 is 2.50 bits per heavy atom. The van der Waals surface area contributed by atoms with Gasteiger partial charge in [0.25, 0.3) is 5.91 Å². The number of ether oxygens (including phenoxy) is 2. The number of nitrogens with one attached hydrogen (secondary N) is 2. The summed E-state index contributed by atoms with van der Waals surface area (Å²) >= 11 is 3.59. The fraction of sp³-hybridized carbons (Fsp3) is 0.212. The molecule has 0 unspecified atom stereocenters. The number of hydrogen-bond acceptors (Lipinski definition) is 7. The topological polar surface area (TPSA) is 141 Å². The zero-order chi connectivity index (χ0) is 32.5. The highest BCUT2D eigenvalue weighted by Crippen LogP contribution is 2.45. The quantitative estimate of drug-likeness (QED) is 0.0468. The van der Waals surface area contributed by atoms with Crippen LogP contribution in [0.3, 0.4) is 0 Å². The van der Waals surface area contributed by atoms with Crippen LogP contribution in [0.25, 0.3) is 10.4 Å². The summed E-state index contributed by atoms with van der Waals surface area (Å²) in [5.74, 6) is -1.31. The average molecular weight is 692 g/mol. The van der Waals surface area contributed by atoms with Crippen LogP contribution in [0.5, 0.6) is 5.75 Å². The van der Waals surface area contributed by atoms with Crippen LogP contribution in [0.2, 0.25) is 0 Å². The van der Waals surface area contributed by atoms with Gasteiger partial charge in [0.2, 0.25) is 5.90 Å². The standard InChI is InChI=1S/C33H29BrF2N6O4/c34-28-8-3-2-7-27(28)30-33(19-23-6-1-4-9-29(23)40-42-37,32(44)41-38-20-21-16-24(35)18-25(36)17-21)39-31(46-30)22-10-12-26(13-11-22)45-15-5-14-43/h1-4,6-13,16-18,30,38,43H,5,14-15,19-20H2,(H,41,44)/t30-,33-/m0/s1. The molecule has 2 atom stereocenters. The third-order valence-electron chi connectivity index (χ3n) is 7.24. The lowest BCUT2D eigenvalue weighted by Crippen LogP contribution is -2.53. The van der Waals surface area contributed by atoms with Crippen molar-refractivity contribution < 1.29 is 28.2 Å². The van der Waals surface area contributed by atoms with Gasteiger partial charge in [0.15, 0.2) is 11.6 Å². The van der Waals surface area contributed by atoms with Crippen molar-refractivity contribution in [3.63, 3.8) is 0 Å². The van der Waals surface area contributed by atoms with E-state index in [1.54, 1.807) is 48.5 Å². The number of aliphatic hydroxyl groups excluding tert-OH is 1. The van der Waals surface area contributed by atoms with Gasteiger partial charge in [-0.3, -0.25) is 10.2 Å². The summed E-state index contributed by atoms with van der Waals surface area (Å²) in [6.07, 6.45) is -0.518. The molecule has 0 fully saturated rings. The molecule has 0 bridgehead atoms. The van der Waals surface area contributed by atoms with Crippen LogP contribution < -0.4 is 15.6 Å². The molecule has 0 aromatic heterocycles. The van der Waals surface area contributed by atoms with Crippen LogP contribution in [0, 0.1) is 11.6 Å². The van der Waals surface area contributed by atoms with Crippen molar-refractivity contribution in [2.75, 3.05) is 13.2 Å². The maximum absolute atomic E-state index is 14.4. The first-order chi connectivity index (χ1) is 22.3. The van der Waals surface area contributed by atoms with Gasteiger partial charge < -0.3 is 14.6 Å². The molecule has 10 nitrogen and oxygen atoms in total. The Hall–Kier alpha value is -4.81. The van der Waals surface area contributed by atoms with Crippen molar-refractivity contribution in [1.82, 2.24) is 10.9 Å². The molecule has 0 radical (unpaired) electrons. The number of rotatable bonds is 13. The Kier molecular flexibility index (Phi) is 10.6. The van der Waals surface area contributed by atoms with Gasteiger partial charge in [-0.2, -0.15) is 0 Å². The number of amides is 1. The molecule has 46 heavy (non-hydrogen) atoms. The molecule has 1 heterocycles. The highest BCUT2D eigenvalue weighted by Gasteiger charge is 2.54. The number of aliphatic hydroxyl groups is 1. The highest BCUT2D eigenvalue weighted by molar-refractivity contribution is 9.10. The van der Waals surface area contributed by atoms with Crippen LogP contribution in [0.15, 0.2) is 106 Å². The van der Waals surface area contributed by atoms with Crippen molar-refractivity contribution in [2.45, 2.75) is 31.0 Å². The van der Waals surface area contributed by atoms with E-state index in [9.17, 15) is 19.1 Å². The van der Waals surface area contributed by atoms with Gasteiger partial charge in [-0.05, 0) is 59.1 Å². The van der Waals surface area contributed by atoms with E-state index in [1.807, 2.05) is 24.3 Å². The van der Waals surface area contributed by atoms with Crippen molar-refractivity contribution in [3.8, 4) is 5.75 Å². The predicted molar refractivity (Wildman–Crippen MR) is 171 cm³/mol. The highest BCUT2D eigenvalue weighted by atomic mass is 79.9. The van der Waals surface area contributed by atoms with E-state index in [1.165, 1.54) is 0 Å². The Morgan fingerprint density at radius 2 is 1.78 bits per heavy atom. The maximum atomic E-state index is 14.4. The van der Waals surface area contributed by atoms with Crippen LogP contribution >= 0.6 is 15.9 Å². The number of halogens is 3. The Balaban J connectivity index is 1.56. The number of nitrogens with zero attached hydrogens (tertiary/aromatic N) is 4. The van der Waals surface area contributed by atoms with Gasteiger partial charge in [0, 0.05) is 58.3 Å². The lowest BCUT2D eigenvalue weighted by molar-refractivity contribution is -0.130. The Bertz CT molecular complexity index is 1760. The first kappa shape index (κ1) is 32.6. The van der Waals surface area contributed by atoms with Gasteiger partial charge in [-0.15, -0.1) is 0 Å². The lowest BCUT2D eigenvalue weighted by Gasteiger charge is -2.31. The molecule has 4 aromatic carbocycles. The van der Waals surface area contributed by atoms with Crippen molar-refractivity contribution in [3.05, 3.63) is 140 Å². The number of carbonyl (C=O) groups excluding carboxylic acids is 1. The number of hydrazine groups is 1. The van der Waals surface area contributed by atoms with Crippen LogP contribution in [-0.2, 0) is 22.5 Å². The number of benzene rings is 4. The average Bonchev–Trinajstić information content (AvgIpc) is 3.42. The van der Waals surface area contributed by atoms with Crippen LogP contribution in [0.1, 0.15) is 34.8 Å². The van der Waals surface area contributed by atoms with E-state index < -0.39 is 29.2 Å². The van der Waals surface area contributed by atoms with Gasteiger partial charge in [-0.25, -0.2) is 19.2 Å². The lowest BCUT2D eigenvalue weighted by atomic mass is 9.81. The summed E-state index contributed by atoms with van der Waals surface area (Å²) in [4.78, 5) is 22.3. The van der Waals surface area contributed by atoms with Crippen LogP contribution in [0.4, 0.5) is 14.5 Å². The second-order valence-electron chi connectivity index (χ2n) is 10.4. The number of aliphatic imine (C=N–C) groups is 1. The van der Waals surface area contributed by atoms with Gasteiger partial charge in [0.05, 0.1) is 6.61 Å². The fourth-order valence-corrected chi connectivity index (χ4v) is 5.58. The minimum absolute atomic E-state index is 0.0140. The molecule has 13 heteroatoms. The SMILES string of the molecule is [N-]=[N+]=Nc1ccccc1C[C@]1(C(=O)NNCc2cc(F)cc(F)c2)N=C(c2ccc(OCCCO)cc2)O[C@H]1c1ccccc1Br. The summed E-state index contributed by atoms with van der Waals surface area (Å²) in [7, 11) is 0. The van der Waals surface area contributed by atoms with Crippen molar-refractivity contribution in [2.24, 2.45) is 10.1 Å². The van der Waals surface area contributed by atoms with Gasteiger partial charge in [0.1, 0.15) is 17.4 Å². The molecule has 3 N–H and O–H groups in total. The second-order valence-corrected chi connectivity index (χ2v) is 11.2. The molecule has 0 saturated carbocycles. The normalized spacial score (nSPS) is 17.0. The summed E-state index contributed by atoms with van der Waals surface area (Å²) in [6.45, 7) is 0.279. The molecule has 4 aromatic rings. The minimum atomic E-state index is -1.66. The predicted octanol–water partition coefficient (Wildman–Crippen LogP) is 6.75. The van der Waals surface area contributed by atoms with Crippen molar-refractivity contribution in [1.29, 1.82) is 0 Å². The molecule has 236 valence electrons. The number of hydrogen-bond donors (Lipinski definition) is 3. The molecule has 0 aliphatic carbocycles. The van der Waals surface area contributed by atoms with Crippen molar-refractivity contribution >= 4 is 33.4 Å². The summed E-state index contributed by atoms with van der Waals surface area (Å²) in [6, 6.07) is 24.2. The molecule has 1 amide bonds. The molecular weight excluding hydrogens is 662 g/mol. The largest absolute Gasteiger partial charge is 0.494 e. The first-order valence-corrected chi connectivity index (χ1v) is 15.1. The minimum Gasteiger partial charge on any atom is -0.494 e. The molecule has 5 rings (SSSR count). The summed E-state index contributed by atoms with van der Waals surface area (Å²) in [5, 5.41) is 12.9. The first-order valence-electron chi connectivity index (χ1n) is 14.3. The molecule has 0 spiro atoms. The number of azide groups is 1. The third kappa shape index (κ3) is 7.52. The van der Waals surface area contributed by atoms with Crippen LogP contribution in [-0.4, -0.2) is 35.7 Å². The van der Waals surface area contributed by atoms with Gasteiger partial charge >= 0.3 is 0 Å². The Morgan fingerprint density at radius 1 is 1.07 bits per heavy atom. The zero-order valence-electron chi connectivity index (χ0n) is 24.4. The fourth-order valence-electron chi connectivity index (χ4n) is 5.09. The van der Waals surface area contributed by atoms with E-state index in [4.69, 9.17) is 19.6 Å². The zero-order valence-corrected chi connectivity index (χ0v) is 26.0. The van der Waals surface area contributed by atoms with E-state index >= 15 is 0 Å². The van der Waals surface area contributed by atoms with E-state index in [0.29, 0.717) is 45.6 Å². The number of carbonyl (C=O) groups is 1. The molecule has 1 aliphatic heterocycles. The Labute approximate surface area is 271 Å². The molecular formula is C33H29BrF2N6O4. The molecule has 0 saturated heterocycles. The van der Waals surface area contributed by atoms with E-state index in [2.05, 4.69) is 36.8 Å². The second kappa shape index (κ2) is 15.0. The summed E-state index contributed by atoms with van der Waals surface area (Å²) < 4.78 is 40.4. The van der Waals surface area contributed by atoms with Gasteiger partial charge in [-0.1, -0.05) is 63.5 Å². The maximum Gasteiger partial charge on any atom is 0.266 e. The molecule has 1 aliphatic rings.